The van der Waals surface area contributed by atoms with Crippen molar-refractivity contribution in [2.24, 2.45) is 0 Å². The van der Waals surface area contributed by atoms with Crippen LogP contribution in [0.3, 0.4) is 0 Å². The number of carbonyl (C=O) groups is 1. The maximum Gasteiger partial charge on any atom is 0.234 e. The Labute approximate surface area is 168 Å². The zero-order valence-corrected chi connectivity index (χ0v) is 17.0. The highest BCUT2D eigenvalue weighted by Gasteiger charge is 2.11. The minimum atomic E-state index is -0.148. The van der Waals surface area contributed by atoms with Gasteiger partial charge in [0.15, 0.2) is 0 Å². The molecule has 0 aliphatic heterocycles. The fourth-order valence-electron chi connectivity index (χ4n) is 2.13. The van der Waals surface area contributed by atoms with Gasteiger partial charge in [0.2, 0.25) is 5.91 Å². The third-order valence-electron chi connectivity index (χ3n) is 3.41. The molecule has 0 fully saturated rings. The van der Waals surface area contributed by atoms with Crippen molar-refractivity contribution in [1.82, 2.24) is 0 Å². The molecule has 0 spiro atoms. The molecule has 0 heterocycles. The first-order chi connectivity index (χ1) is 12.5. The van der Waals surface area contributed by atoms with Gasteiger partial charge in [0.1, 0.15) is 11.5 Å². The normalized spacial score (nSPS) is 10.5. The fourth-order valence-corrected chi connectivity index (χ4v) is 3.20. The van der Waals surface area contributed by atoms with Gasteiger partial charge < -0.3 is 14.8 Å². The average molecular weight is 414 g/mol. The van der Waals surface area contributed by atoms with Gasteiger partial charge >= 0.3 is 0 Å². The lowest BCUT2D eigenvalue weighted by Crippen LogP contribution is -2.16. The van der Waals surface area contributed by atoms with Gasteiger partial charge in [0.25, 0.3) is 0 Å². The number of hydrogen-bond acceptors (Lipinski definition) is 4. The number of thioether (sulfide) groups is 1. The van der Waals surface area contributed by atoms with Crippen LogP contribution in [0.2, 0.25) is 10.0 Å². The summed E-state index contributed by atoms with van der Waals surface area (Å²) < 4.78 is 11.0. The lowest BCUT2D eigenvalue weighted by molar-refractivity contribution is -0.113. The van der Waals surface area contributed by atoms with Gasteiger partial charge in [-0.1, -0.05) is 29.3 Å². The summed E-state index contributed by atoms with van der Waals surface area (Å²) in [7, 11) is 0. The van der Waals surface area contributed by atoms with Gasteiger partial charge in [-0.2, -0.15) is 0 Å². The molecule has 0 aliphatic carbocycles. The molecule has 1 amide bonds. The molecular weight excluding hydrogens is 393 g/mol. The van der Waals surface area contributed by atoms with E-state index in [-0.39, 0.29) is 5.91 Å². The number of benzene rings is 2. The largest absolute Gasteiger partial charge is 0.494 e. The minimum absolute atomic E-state index is 0.148. The van der Waals surface area contributed by atoms with Gasteiger partial charge in [-0.15, -0.1) is 11.8 Å². The van der Waals surface area contributed by atoms with E-state index in [1.165, 1.54) is 11.8 Å². The van der Waals surface area contributed by atoms with E-state index in [2.05, 4.69) is 5.32 Å². The summed E-state index contributed by atoms with van der Waals surface area (Å²) in [6, 6.07) is 11.0. The summed E-state index contributed by atoms with van der Waals surface area (Å²) in [6.45, 7) is 4.95. The molecule has 0 unspecified atom stereocenters. The first kappa shape index (κ1) is 20.7. The molecule has 0 aliphatic rings. The summed E-state index contributed by atoms with van der Waals surface area (Å²) in [5.74, 6) is 2.44. The Morgan fingerprint density at radius 2 is 1.73 bits per heavy atom. The highest BCUT2D eigenvalue weighted by atomic mass is 35.5. The molecule has 1 N–H and O–H groups in total. The number of ether oxygens (including phenoxy) is 2. The van der Waals surface area contributed by atoms with Crippen LogP contribution in [0, 0.1) is 6.92 Å². The molecule has 0 aromatic heterocycles. The van der Waals surface area contributed by atoms with Gasteiger partial charge in [-0.05, 0) is 49.7 Å². The van der Waals surface area contributed by atoms with Crippen molar-refractivity contribution in [3.8, 4) is 11.5 Å². The molecule has 4 nitrogen and oxygen atoms in total. The Bertz CT molecular complexity index is 738. The van der Waals surface area contributed by atoms with Crippen LogP contribution >= 0.6 is 35.0 Å². The number of aryl methyl sites for hydroxylation is 1. The number of carbonyl (C=O) groups excluding carboxylic acids is 1. The minimum Gasteiger partial charge on any atom is -0.494 e. The monoisotopic (exact) mass is 413 g/mol. The van der Waals surface area contributed by atoms with Crippen LogP contribution in [0.1, 0.15) is 12.5 Å². The topological polar surface area (TPSA) is 47.6 Å². The summed E-state index contributed by atoms with van der Waals surface area (Å²) in [5, 5.41) is 3.66. The van der Waals surface area contributed by atoms with Gasteiger partial charge in [-0.25, -0.2) is 0 Å². The predicted molar refractivity (Wildman–Crippen MR) is 110 cm³/mol. The molecule has 2 aromatic carbocycles. The Balaban J connectivity index is 1.70. The number of anilines is 1. The van der Waals surface area contributed by atoms with Crippen molar-refractivity contribution in [1.29, 1.82) is 0 Å². The summed E-state index contributed by atoms with van der Waals surface area (Å²) >= 11 is 13.8. The second-order valence-electron chi connectivity index (χ2n) is 5.41. The summed E-state index contributed by atoms with van der Waals surface area (Å²) in [5.41, 5.74) is 1.33. The van der Waals surface area contributed by atoms with E-state index in [1.807, 2.05) is 44.2 Å². The fraction of sp³-hybridized carbons (Fsp3) is 0.316. The molecular formula is C19H21Cl2NO3S. The highest BCUT2D eigenvalue weighted by molar-refractivity contribution is 7.99. The maximum absolute atomic E-state index is 12.1. The molecule has 0 atom stereocenters. The van der Waals surface area contributed by atoms with E-state index in [9.17, 15) is 4.79 Å². The van der Waals surface area contributed by atoms with Crippen LogP contribution in [0.5, 0.6) is 11.5 Å². The maximum atomic E-state index is 12.1. The van der Waals surface area contributed by atoms with E-state index in [4.69, 9.17) is 32.7 Å². The van der Waals surface area contributed by atoms with Crippen LogP contribution in [0.25, 0.3) is 0 Å². The molecule has 0 radical (unpaired) electrons. The standard InChI is InChI=1S/C19H21Cl2NO3S/c1-3-24-14-5-7-15(8-6-14)25-10-11-26-12-17(23)22-19-16(20)9-4-13(2)18(19)21/h4-9H,3,10-12H2,1-2H3,(H,22,23). The molecule has 0 saturated carbocycles. The molecule has 0 bridgehead atoms. The van der Waals surface area contributed by atoms with Crippen LogP contribution < -0.4 is 14.8 Å². The van der Waals surface area contributed by atoms with Crippen molar-refractivity contribution in [2.75, 3.05) is 30.0 Å². The Hall–Kier alpha value is -1.56. The van der Waals surface area contributed by atoms with E-state index >= 15 is 0 Å². The summed E-state index contributed by atoms with van der Waals surface area (Å²) in [4.78, 5) is 12.1. The Morgan fingerprint density at radius 1 is 1.08 bits per heavy atom. The number of halogens is 2. The summed E-state index contributed by atoms with van der Waals surface area (Å²) in [6.07, 6.45) is 0. The quantitative estimate of drug-likeness (QED) is 0.555. The first-order valence-electron chi connectivity index (χ1n) is 8.19. The van der Waals surface area contributed by atoms with Crippen LogP contribution in [0.15, 0.2) is 36.4 Å². The van der Waals surface area contributed by atoms with Gasteiger partial charge in [0.05, 0.1) is 34.7 Å². The van der Waals surface area contributed by atoms with Crippen molar-refractivity contribution in [3.05, 3.63) is 52.0 Å². The van der Waals surface area contributed by atoms with Crippen molar-refractivity contribution >= 4 is 46.6 Å². The van der Waals surface area contributed by atoms with Gasteiger partial charge in [0, 0.05) is 5.75 Å². The second kappa shape index (κ2) is 10.6. The lowest BCUT2D eigenvalue weighted by Gasteiger charge is -2.11. The zero-order valence-electron chi connectivity index (χ0n) is 14.7. The molecule has 2 rings (SSSR count). The molecule has 2 aromatic rings. The molecule has 0 saturated heterocycles. The van der Waals surface area contributed by atoms with E-state index in [1.54, 1.807) is 6.07 Å². The average Bonchev–Trinajstić information content (AvgIpc) is 2.63. The molecule has 7 heteroatoms. The third kappa shape index (κ3) is 6.31. The number of rotatable bonds is 9. The van der Waals surface area contributed by atoms with E-state index in [0.29, 0.717) is 40.5 Å². The molecule has 140 valence electrons. The molecule has 26 heavy (non-hydrogen) atoms. The predicted octanol–water partition coefficient (Wildman–Crippen LogP) is 5.45. The van der Waals surface area contributed by atoms with Crippen molar-refractivity contribution in [2.45, 2.75) is 13.8 Å². The van der Waals surface area contributed by atoms with Crippen LogP contribution in [-0.2, 0) is 4.79 Å². The highest BCUT2D eigenvalue weighted by Crippen LogP contribution is 2.32. The second-order valence-corrected chi connectivity index (χ2v) is 7.30. The number of hydrogen-bond donors (Lipinski definition) is 1. The third-order valence-corrected chi connectivity index (χ3v) is 5.14. The van der Waals surface area contributed by atoms with Gasteiger partial charge in [-0.3, -0.25) is 4.79 Å². The van der Waals surface area contributed by atoms with Crippen molar-refractivity contribution < 1.29 is 14.3 Å². The van der Waals surface area contributed by atoms with Crippen LogP contribution in [-0.4, -0.2) is 30.6 Å². The van der Waals surface area contributed by atoms with Crippen molar-refractivity contribution in [3.63, 3.8) is 0 Å². The van der Waals surface area contributed by atoms with E-state index < -0.39 is 0 Å². The SMILES string of the molecule is CCOc1ccc(OCCSCC(=O)Nc2c(Cl)ccc(C)c2Cl)cc1. The Morgan fingerprint density at radius 3 is 2.38 bits per heavy atom. The van der Waals surface area contributed by atoms with Crippen LogP contribution in [0.4, 0.5) is 5.69 Å². The number of amides is 1. The van der Waals surface area contributed by atoms with E-state index in [0.717, 1.165) is 17.1 Å². The number of nitrogens with one attached hydrogen (secondary N) is 1. The Kier molecular flexibility index (Phi) is 8.42. The first-order valence-corrected chi connectivity index (χ1v) is 10.1. The lowest BCUT2D eigenvalue weighted by atomic mass is 10.2. The smallest absolute Gasteiger partial charge is 0.234 e. The zero-order chi connectivity index (χ0) is 18.9.